The van der Waals surface area contributed by atoms with Crippen molar-refractivity contribution in [2.24, 2.45) is 0 Å². The molecule has 0 saturated carbocycles. The Bertz CT molecular complexity index is 55.7. The maximum absolute atomic E-state index is 11.1. The minimum absolute atomic E-state index is 0. The van der Waals surface area contributed by atoms with E-state index in [1.54, 1.807) is 0 Å². The second kappa shape index (κ2) is 2.21. The first kappa shape index (κ1) is 6.81. The van der Waals surface area contributed by atoms with Crippen molar-refractivity contribution in [3.05, 3.63) is 0 Å². The zero-order valence-electron chi connectivity index (χ0n) is 4.92. The van der Waals surface area contributed by atoms with Gasteiger partial charge >= 0.3 is 8.40 Å². The van der Waals surface area contributed by atoms with Gasteiger partial charge in [-0.15, -0.1) is 0 Å². The maximum atomic E-state index is 11.1. The molecule has 0 aliphatic carbocycles. The lowest BCUT2D eigenvalue weighted by Gasteiger charge is -2.10. The minimum Gasteiger partial charge on any atom is -0.448 e. The highest BCUT2D eigenvalue weighted by atomic mass is 19.4. The van der Waals surface area contributed by atoms with Crippen LogP contribution in [0.1, 0.15) is 1.43 Å². The van der Waals surface area contributed by atoms with Gasteiger partial charge < -0.3 is 18.3 Å². The van der Waals surface area contributed by atoms with Crippen molar-refractivity contribution in [1.29, 1.82) is 0 Å². The van der Waals surface area contributed by atoms with Crippen LogP contribution in [0.3, 0.4) is 0 Å². The molecule has 0 spiro atoms. The largest absolute Gasteiger partial charge is 1.00 e. The molecule has 44 valence electrons. The molecule has 0 aromatic heterocycles. The Morgan fingerprint density at radius 2 is 2.00 bits per heavy atom. The monoisotopic (exact) mass is 113 g/mol. The van der Waals surface area contributed by atoms with E-state index in [-0.39, 0.29) is 1.43 Å². The molecular weight excluding hydrogens is 106 g/mol. The Morgan fingerprint density at radius 3 is 2.00 bits per heavy atom. The van der Waals surface area contributed by atoms with E-state index in [4.69, 9.17) is 0 Å². The lowest BCUT2D eigenvalue weighted by atomic mass is 9.93. The van der Waals surface area contributed by atoms with Crippen LogP contribution >= 0.6 is 0 Å². The Labute approximate surface area is 41.4 Å². The van der Waals surface area contributed by atoms with E-state index in [1.807, 2.05) is 5.32 Å². The van der Waals surface area contributed by atoms with Crippen molar-refractivity contribution in [1.82, 2.24) is 5.32 Å². The summed E-state index contributed by atoms with van der Waals surface area (Å²) in [5, 5.41) is 2.01. The van der Waals surface area contributed by atoms with Crippen molar-refractivity contribution in [3.8, 4) is 0 Å². The fourth-order valence-corrected chi connectivity index (χ4v) is 0.231. The van der Waals surface area contributed by atoms with Gasteiger partial charge in [0.25, 0.3) is 0 Å². The number of rotatable bonds is 2. The van der Waals surface area contributed by atoms with Crippen molar-refractivity contribution in [3.63, 3.8) is 0 Å². The van der Waals surface area contributed by atoms with Gasteiger partial charge in [0.05, 0.1) is 0 Å². The molecule has 0 saturated heterocycles. The fraction of sp³-hybridized carbons (Fsp3) is 1.00. The quantitative estimate of drug-likeness (QED) is 0.519. The second-order valence-electron chi connectivity index (χ2n) is 1.27. The first-order chi connectivity index (χ1) is 3.06. The predicted octanol–water partition coefficient (Wildman–Crippen LogP) is 0.705. The summed E-state index contributed by atoms with van der Waals surface area (Å²) in [6.45, 7) is -4.60. The van der Waals surface area contributed by atoms with Crippen LogP contribution in [0.2, 0.25) is 0 Å². The molecule has 0 heterocycles. The molecule has 0 aliphatic rings. The van der Waals surface area contributed by atoms with Crippen molar-refractivity contribution in [2.45, 2.75) is 0 Å². The molecule has 0 aromatic carbocycles. The second-order valence-corrected chi connectivity index (χ2v) is 1.27. The van der Waals surface area contributed by atoms with Crippen LogP contribution in [0.5, 0.6) is 0 Å². The number of hydrogen-bond donors (Lipinski definition) is 1. The van der Waals surface area contributed by atoms with Gasteiger partial charge in [-0.2, -0.15) is 0 Å². The fourth-order valence-electron chi connectivity index (χ4n) is 0.231. The van der Waals surface area contributed by atoms with Crippen LogP contribution in [0.15, 0.2) is 0 Å². The summed E-state index contributed by atoms with van der Waals surface area (Å²) in [7, 11) is 1.27. The molecule has 1 N–H and O–H groups in total. The minimum atomic E-state index is -4.60. The average Bonchev–Trinajstić information content (AvgIpc) is 1.30. The van der Waals surface area contributed by atoms with E-state index in [0.29, 0.717) is 0 Å². The molecule has 1 nitrogen and oxygen atoms in total. The van der Waals surface area contributed by atoms with E-state index in [9.17, 15) is 12.9 Å². The van der Waals surface area contributed by atoms with Gasteiger partial charge in [-0.05, 0) is 13.5 Å². The lowest BCUT2D eigenvalue weighted by molar-refractivity contribution is 0.462. The van der Waals surface area contributed by atoms with Crippen LogP contribution in [0.25, 0.3) is 0 Å². The van der Waals surface area contributed by atoms with Gasteiger partial charge in [0.1, 0.15) is 0 Å². The third kappa shape index (κ3) is 5.81. The van der Waals surface area contributed by atoms with Crippen LogP contribution in [0, 0.1) is 0 Å². The zero-order chi connectivity index (χ0) is 5.91. The standard InChI is InChI=1S/C2H6BF3N/c1-7-2-3(4,5)6/h7H,2H2,1H3/q-1/p+1. The lowest BCUT2D eigenvalue weighted by Crippen LogP contribution is -2.31. The Balaban J connectivity index is 0. The van der Waals surface area contributed by atoms with Crippen LogP contribution < -0.4 is 5.32 Å². The summed E-state index contributed by atoms with van der Waals surface area (Å²) in [5.41, 5.74) is 0. The van der Waals surface area contributed by atoms with Crippen molar-refractivity contribution >= 4 is 6.98 Å². The molecule has 0 fully saturated rings. The van der Waals surface area contributed by atoms with Gasteiger partial charge in [0.15, 0.2) is 0 Å². The molecule has 7 heavy (non-hydrogen) atoms. The molecule has 0 aliphatic heterocycles. The third-order valence-electron chi connectivity index (χ3n) is 0.436. The van der Waals surface area contributed by atoms with E-state index in [1.165, 1.54) is 7.05 Å². The molecule has 0 amide bonds. The van der Waals surface area contributed by atoms with Crippen molar-refractivity contribution < 1.29 is 14.4 Å². The molecule has 0 unspecified atom stereocenters. The van der Waals surface area contributed by atoms with Gasteiger partial charge in [-0.1, -0.05) is 0 Å². The highest BCUT2D eigenvalue weighted by molar-refractivity contribution is 6.58. The number of halogens is 3. The Hall–Kier alpha value is -0.185. The van der Waals surface area contributed by atoms with E-state index in [0.717, 1.165) is 0 Å². The summed E-state index contributed by atoms with van der Waals surface area (Å²) in [6, 6.07) is 0. The zero-order valence-corrected chi connectivity index (χ0v) is 3.92. The SMILES string of the molecule is CNC[B-](F)(F)F.[H+]. The topological polar surface area (TPSA) is 12.0 Å². The molecule has 0 bridgehead atoms. The summed E-state index contributed by atoms with van der Waals surface area (Å²) in [4.78, 5) is 0. The molecule has 0 rings (SSSR count). The van der Waals surface area contributed by atoms with E-state index < -0.39 is 13.4 Å². The summed E-state index contributed by atoms with van der Waals surface area (Å²) >= 11 is 0. The van der Waals surface area contributed by atoms with Gasteiger partial charge in [0, 0.05) is 0 Å². The van der Waals surface area contributed by atoms with Crippen LogP contribution in [-0.2, 0) is 0 Å². The molecule has 0 aromatic rings. The smallest absolute Gasteiger partial charge is 0.448 e. The first-order valence-corrected chi connectivity index (χ1v) is 1.92. The van der Waals surface area contributed by atoms with Gasteiger partial charge in [0.2, 0.25) is 0 Å². The predicted molar refractivity (Wildman–Crippen MR) is 24.1 cm³/mol. The molecule has 0 radical (unpaired) electrons. The highest BCUT2D eigenvalue weighted by Gasteiger charge is 2.20. The normalized spacial score (nSPS) is 12.0. The first-order valence-electron chi connectivity index (χ1n) is 1.92. The average molecular weight is 113 g/mol. The summed E-state index contributed by atoms with van der Waals surface area (Å²) in [6.07, 6.45) is -0.847. The number of hydrogen-bond acceptors (Lipinski definition) is 1. The van der Waals surface area contributed by atoms with Crippen molar-refractivity contribution in [2.75, 3.05) is 13.5 Å². The molecule has 5 heteroatoms. The Morgan fingerprint density at radius 1 is 1.57 bits per heavy atom. The number of nitrogens with one attached hydrogen (secondary N) is 1. The molecular formula is C2H7BF3N. The summed E-state index contributed by atoms with van der Waals surface area (Å²) in [5.74, 6) is 0. The summed E-state index contributed by atoms with van der Waals surface area (Å²) < 4.78 is 33.2. The van der Waals surface area contributed by atoms with E-state index in [2.05, 4.69) is 0 Å². The Kier molecular flexibility index (Phi) is 2.15. The maximum Gasteiger partial charge on any atom is 1.00 e. The van der Waals surface area contributed by atoms with Gasteiger partial charge in [-0.3, -0.25) is 0 Å². The van der Waals surface area contributed by atoms with Gasteiger partial charge in [-0.25, -0.2) is 0 Å². The van der Waals surface area contributed by atoms with Crippen LogP contribution in [-0.4, -0.2) is 20.5 Å². The van der Waals surface area contributed by atoms with Crippen LogP contribution in [0.4, 0.5) is 12.9 Å². The highest BCUT2D eigenvalue weighted by Crippen LogP contribution is 2.04. The molecule has 0 atom stereocenters. The third-order valence-corrected chi connectivity index (χ3v) is 0.436. The van der Waals surface area contributed by atoms with E-state index >= 15 is 0 Å².